The van der Waals surface area contributed by atoms with Crippen LogP contribution in [-0.2, 0) is 32.3 Å². The van der Waals surface area contributed by atoms with Gasteiger partial charge in [0.25, 0.3) is 5.91 Å². The molecule has 1 aliphatic rings. The van der Waals surface area contributed by atoms with Gasteiger partial charge in [0.1, 0.15) is 18.4 Å². The number of ether oxygens (including phenoxy) is 1. The number of fused-ring (bicyclic) bond motifs is 1. The van der Waals surface area contributed by atoms with E-state index in [0.29, 0.717) is 31.4 Å². The van der Waals surface area contributed by atoms with Crippen LogP contribution in [0.3, 0.4) is 0 Å². The summed E-state index contributed by atoms with van der Waals surface area (Å²) in [5, 5.41) is 6.56. The van der Waals surface area contributed by atoms with Crippen molar-refractivity contribution in [2.45, 2.75) is 71.0 Å². The van der Waals surface area contributed by atoms with Crippen molar-refractivity contribution in [2.24, 2.45) is 5.92 Å². The second kappa shape index (κ2) is 15.0. The number of carbonyl (C=O) groups excluding carboxylic acids is 4. The molecule has 2 N–H and O–H groups in total. The number of aldehydes is 1. The van der Waals surface area contributed by atoms with Crippen LogP contribution in [-0.4, -0.2) is 64.2 Å². The number of nitrogens with zero attached hydrogens (tertiary/aromatic N) is 2. The number of nitrogens with one attached hydrogen (secondary N) is 2. The summed E-state index contributed by atoms with van der Waals surface area (Å²) in [6, 6.07) is 25.1. The molecule has 0 unspecified atom stereocenters. The number of rotatable bonds is 13. The Hall–Kier alpha value is -4.76. The molecule has 1 aromatic heterocycles. The lowest BCUT2D eigenvalue weighted by Crippen LogP contribution is -2.56. The second-order valence-electron chi connectivity index (χ2n) is 12.2. The second-order valence-corrected chi connectivity index (χ2v) is 12.2. The van der Waals surface area contributed by atoms with E-state index in [1.807, 2.05) is 116 Å². The number of para-hydroxylation sites is 1. The number of likely N-dealkylation sites (tertiary alicyclic amines) is 1. The number of aromatic nitrogens is 1. The molecule has 1 fully saturated rings. The fraction of sp³-hybridized carbons (Fsp3) is 0.351. The maximum absolute atomic E-state index is 14.2. The maximum Gasteiger partial charge on any atom is 0.254 e. The Morgan fingerprint density at radius 2 is 1.57 bits per heavy atom. The van der Waals surface area contributed by atoms with E-state index in [-0.39, 0.29) is 30.7 Å². The zero-order chi connectivity index (χ0) is 32.6. The predicted octanol–water partition coefficient (Wildman–Crippen LogP) is 4.72. The molecule has 4 aromatic rings. The molecule has 0 saturated carbocycles. The zero-order valence-corrected chi connectivity index (χ0v) is 26.6. The van der Waals surface area contributed by atoms with E-state index in [1.165, 1.54) is 4.90 Å². The van der Waals surface area contributed by atoms with Crippen LogP contribution in [0.15, 0.2) is 91.1 Å². The Morgan fingerprint density at radius 3 is 2.22 bits per heavy atom. The summed E-state index contributed by atoms with van der Waals surface area (Å²) < 4.78 is 8.20. The Balaban J connectivity index is 1.37. The van der Waals surface area contributed by atoms with Gasteiger partial charge in [-0.3, -0.25) is 14.4 Å². The zero-order valence-electron chi connectivity index (χ0n) is 26.6. The van der Waals surface area contributed by atoms with Gasteiger partial charge < -0.3 is 29.6 Å². The average Bonchev–Trinajstić information content (AvgIpc) is 3.68. The molecule has 3 aromatic carbocycles. The number of benzene rings is 3. The summed E-state index contributed by atoms with van der Waals surface area (Å²) >= 11 is 0. The highest BCUT2D eigenvalue weighted by Crippen LogP contribution is 2.26. The molecule has 5 rings (SSSR count). The van der Waals surface area contributed by atoms with Crippen molar-refractivity contribution in [3.8, 4) is 0 Å². The lowest BCUT2D eigenvalue weighted by atomic mass is 10.0. The molecule has 4 atom stereocenters. The first-order chi connectivity index (χ1) is 22.3. The Bertz CT molecular complexity index is 1650. The monoisotopic (exact) mass is 622 g/mol. The van der Waals surface area contributed by atoms with Gasteiger partial charge in [-0.05, 0) is 29.5 Å². The SMILES string of the molecule is CC[C@@H](C=O)NC(=O)[C@@H]1C[C@@H](OCc2ccccc2)CN1C(=O)[C@@H](NC(=O)c1cn(Cc2ccccc2)c2ccccc12)C(C)C. The van der Waals surface area contributed by atoms with Crippen LogP contribution in [0.5, 0.6) is 0 Å². The van der Waals surface area contributed by atoms with Crippen molar-refractivity contribution in [1.29, 1.82) is 0 Å². The number of hydrogen-bond donors (Lipinski definition) is 2. The largest absolute Gasteiger partial charge is 0.372 e. The fourth-order valence-corrected chi connectivity index (χ4v) is 5.96. The highest BCUT2D eigenvalue weighted by Gasteiger charge is 2.43. The fourth-order valence-electron chi connectivity index (χ4n) is 5.96. The maximum atomic E-state index is 14.2. The molecule has 0 spiro atoms. The van der Waals surface area contributed by atoms with Crippen molar-refractivity contribution in [3.05, 3.63) is 108 Å². The topological polar surface area (TPSA) is 110 Å². The standard InChI is InChI=1S/C37H42N4O5/c1-4-28(23-42)38-36(44)33-19-29(46-24-27-15-9-6-10-16-27)21-41(33)37(45)34(25(2)3)39-35(43)31-22-40(20-26-13-7-5-8-14-26)32-18-12-11-17-30(31)32/h5-18,22-23,25,28-29,33-34H,4,19-21,24H2,1-3H3,(H,38,44)(H,39,43)/t28-,29+,33-,34-/m0/s1. The Morgan fingerprint density at radius 1 is 0.913 bits per heavy atom. The number of hydrogen-bond acceptors (Lipinski definition) is 5. The predicted molar refractivity (Wildman–Crippen MR) is 177 cm³/mol. The number of amides is 3. The van der Waals surface area contributed by atoms with Crippen molar-refractivity contribution >= 4 is 34.9 Å². The van der Waals surface area contributed by atoms with Gasteiger partial charge in [0.2, 0.25) is 11.8 Å². The quantitative estimate of drug-likeness (QED) is 0.210. The molecule has 2 heterocycles. The van der Waals surface area contributed by atoms with Gasteiger partial charge in [0.05, 0.1) is 24.3 Å². The average molecular weight is 623 g/mol. The first kappa shape index (κ1) is 32.6. The van der Waals surface area contributed by atoms with Crippen molar-refractivity contribution in [2.75, 3.05) is 6.54 Å². The first-order valence-corrected chi connectivity index (χ1v) is 15.9. The molecular formula is C37H42N4O5. The van der Waals surface area contributed by atoms with Crippen molar-refractivity contribution < 1.29 is 23.9 Å². The van der Waals surface area contributed by atoms with E-state index < -0.39 is 30.1 Å². The van der Waals surface area contributed by atoms with E-state index >= 15 is 0 Å². The molecule has 9 heteroatoms. The first-order valence-electron chi connectivity index (χ1n) is 15.9. The van der Waals surface area contributed by atoms with E-state index in [0.717, 1.165) is 22.0 Å². The third-order valence-electron chi connectivity index (χ3n) is 8.56. The van der Waals surface area contributed by atoms with Crippen molar-refractivity contribution in [1.82, 2.24) is 20.1 Å². The van der Waals surface area contributed by atoms with E-state index in [2.05, 4.69) is 10.6 Å². The molecule has 1 aliphatic heterocycles. The summed E-state index contributed by atoms with van der Waals surface area (Å²) in [5.74, 6) is -1.39. The third-order valence-corrected chi connectivity index (χ3v) is 8.56. The normalized spacial score (nSPS) is 17.5. The lowest BCUT2D eigenvalue weighted by Gasteiger charge is -2.30. The molecular weight excluding hydrogens is 580 g/mol. The summed E-state index contributed by atoms with van der Waals surface area (Å²) in [7, 11) is 0. The lowest BCUT2D eigenvalue weighted by molar-refractivity contribution is -0.141. The molecule has 9 nitrogen and oxygen atoms in total. The molecule has 46 heavy (non-hydrogen) atoms. The van der Waals surface area contributed by atoms with Crippen molar-refractivity contribution in [3.63, 3.8) is 0 Å². The van der Waals surface area contributed by atoms with E-state index in [4.69, 9.17) is 4.74 Å². The van der Waals surface area contributed by atoms with Crippen LogP contribution in [0, 0.1) is 5.92 Å². The van der Waals surface area contributed by atoms with Gasteiger partial charge in [-0.25, -0.2) is 0 Å². The van der Waals surface area contributed by atoms with Crippen LogP contribution in [0.2, 0.25) is 0 Å². The van der Waals surface area contributed by atoms with Crippen LogP contribution in [0.4, 0.5) is 0 Å². The van der Waals surface area contributed by atoms with Gasteiger partial charge in [-0.15, -0.1) is 0 Å². The summed E-state index contributed by atoms with van der Waals surface area (Å²) in [6.07, 6.45) is 2.86. The summed E-state index contributed by atoms with van der Waals surface area (Å²) in [5.41, 5.74) is 3.48. The van der Waals surface area contributed by atoms with Crippen LogP contribution in [0.25, 0.3) is 10.9 Å². The third kappa shape index (κ3) is 7.54. The van der Waals surface area contributed by atoms with Gasteiger partial charge in [0.15, 0.2) is 0 Å². The minimum Gasteiger partial charge on any atom is -0.372 e. The molecule has 0 radical (unpaired) electrons. The molecule has 0 bridgehead atoms. The Labute approximate surface area is 269 Å². The van der Waals surface area contributed by atoms with Crippen LogP contribution < -0.4 is 10.6 Å². The number of carbonyl (C=O) groups is 4. The smallest absolute Gasteiger partial charge is 0.254 e. The highest BCUT2D eigenvalue weighted by atomic mass is 16.5. The minimum absolute atomic E-state index is 0.192. The highest BCUT2D eigenvalue weighted by molar-refractivity contribution is 6.08. The van der Waals surface area contributed by atoms with Gasteiger partial charge in [-0.2, -0.15) is 0 Å². The van der Waals surface area contributed by atoms with Crippen LogP contribution in [0.1, 0.15) is 55.1 Å². The molecule has 1 saturated heterocycles. The summed E-state index contributed by atoms with van der Waals surface area (Å²) in [4.78, 5) is 54.6. The molecule has 0 aliphatic carbocycles. The van der Waals surface area contributed by atoms with Gasteiger partial charge >= 0.3 is 0 Å². The van der Waals surface area contributed by atoms with Gasteiger partial charge in [0, 0.05) is 36.6 Å². The Kier molecular flexibility index (Phi) is 10.6. The minimum atomic E-state index is -0.889. The van der Waals surface area contributed by atoms with E-state index in [9.17, 15) is 19.2 Å². The summed E-state index contributed by atoms with van der Waals surface area (Å²) in [6.45, 7) is 6.67. The molecule has 3 amide bonds. The van der Waals surface area contributed by atoms with Crippen LogP contribution >= 0.6 is 0 Å². The van der Waals surface area contributed by atoms with E-state index in [1.54, 1.807) is 0 Å². The molecule has 240 valence electrons. The van der Waals surface area contributed by atoms with Gasteiger partial charge in [-0.1, -0.05) is 99.6 Å².